The van der Waals surface area contributed by atoms with Gasteiger partial charge in [0, 0.05) is 59.2 Å². The van der Waals surface area contributed by atoms with Gasteiger partial charge in [0.15, 0.2) is 17.5 Å². The molecule has 13 rings (SSSR count). The van der Waals surface area contributed by atoms with Crippen molar-refractivity contribution < 1.29 is 0 Å². The van der Waals surface area contributed by atoms with Crippen LogP contribution in [-0.4, -0.2) is 19.5 Å². The van der Waals surface area contributed by atoms with Crippen LogP contribution in [0.3, 0.4) is 0 Å². The van der Waals surface area contributed by atoms with Crippen LogP contribution < -0.4 is 0 Å². The van der Waals surface area contributed by atoms with Gasteiger partial charge in [-0.1, -0.05) is 176 Å². The Labute approximate surface area is 380 Å². The molecule has 0 spiro atoms. The van der Waals surface area contributed by atoms with Crippen LogP contribution in [0.25, 0.3) is 104 Å². The van der Waals surface area contributed by atoms with E-state index in [9.17, 15) is 0 Å². The van der Waals surface area contributed by atoms with Crippen molar-refractivity contribution in [2.24, 2.45) is 0 Å². The molecule has 3 heterocycles. The normalized spacial score (nSPS) is 13.2. The van der Waals surface area contributed by atoms with Crippen LogP contribution in [0.4, 0.5) is 0 Å². The average Bonchev–Trinajstić information content (AvgIpc) is 4.02. The maximum Gasteiger partial charge on any atom is 0.164 e. The third-order valence-electron chi connectivity index (χ3n) is 13.3. The van der Waals surface area contributed by atoms with E-state index in [4.69, 9.17) is 15.0 Å². The van der Waals surface area contributed by atoms with Gasteiger partial charge in [0.2, 0.25) is 0 Å². The van der Waals surface area contributed by atoms with E-state index < -0.39 is 0 Å². The molecule has 1 aliphatic rings. The summed E-state index contributed by atoms with van der Waals surface area (Å²) in [6.07, 6.45) is 1.96. The first-order chi connectivity index (χ1) is 32.2. The van der Waals surface area contributed by atoms with Crippen LogP contribution in [0.15, 0.2) is 212 Å². The number of hydrogen-bond donors (Lipinski definition) is 0. The van der Waals surface area contributed by atoms with Gasteiger partial charge < -0.3 is 4.57 Å². The summed E-state index contributed by atoms with van der Waals surface area (Å²) in [6.45, 7) is 0. The number of aryl methyl sites for hydroxylation is 1. The monoisotopic (exact) mass is 848 g/mol. The number of aromatic nitrogens is 4. The molecule has 0 fully saturated rings. The van der Waals surface area contributed by atoms with Crippen molar-refractivity contribution >= 4 is 53.3 Å². The lowest BCUT2D eigenvalue weighted by Crippen LogP contribution is -2.01. The lowest BCUT2D eigenvalue weighted by Gasteiger charge is -2.15. The summed E-state index contributed by atoms with van der Waals surface area (Å²) >= 11 is 1.86. The SMILES string of the molecule is c1ccc(-c2nc(-c3ccccc3)nc(-c3cccc(-n4c5cc(CC[C@H]6c7ccccc7-c7c(-c8ccccc8)cccc76)ccc5c5cc6c(cc54)sc4ccccc46)c3)n2)cc1. The van der Waals surface area contributed by atoms with Gasteiger partial charge in [0.25, 0.3) is 0 Å². The van der Waals surface area contributed by atoms with E-state index >= 15 is 0 Å². The number of nitrogens with zero attached hydrogens (tertiary/aromatic N) is 4. The Kier molecular flexibility index (Phi) is 8.88. The highest BCUT2D eigenvalue weighted by molar-refractivity contribution is 7.25. The zero-order valence-electron chi connectivity index (χ0n) is 35.4. The Morgan fingerprint density at radius 1 is 0.400 bits per heavy atom. The van der Waals surface area contributed by atoms with Gasteiger partial charge in [0.05, 0.1) is 11.0 Å². The molecule has 0 aliphatic heterocycles. The van der Waals surface area contributed by atoms with Crippen LogP contribution >= 0.6 is 11.3 Å². The molecule has 5 heteroatoms. The van der Waals surface area contributed by atoms with Crippen molar-refractivity contribution in [1.82, 2.24) is 19.5 Å². The molecule has 0 bridgehead atoms. The van der Waals surface area contributed by atoms with E-state index in [-0.39, 0.29) is 0 Å². The van der Waals surface area contributed by atoms with E-state index in [1.807, 2.05) is 47.7 Å². The van der Waals surface area contributed by atoms with E-state index in [2.05, 4.69) is 180 Å². The largest absolute Gasteiger partial charge is 0.309 e. The zero-order chi connectivity index (χ0) is 42.8. The number of fused-ring (bicyclic) bond motifs is 9. The zero-order valence-corrected chi connectivity index (χ0v) is 36.2. The van der Waals surface area contributed by atoms with Gasteiger partial charge in [0.1, 0.15) is 0 Å². The molecule has 12 aromatic rings. The lowest BCUT2D eigenvalue weighted by atomic mass is 9.89. The maximum atomic E-state index is 5.11. The number of thiophene rings is 1. The molecular weight excluding hydrogens is 809 g/mol. The van der Waals surface area contributed by atoms with E-state index in [1.54, 1.807) is 0 Å². The second-order valence-corrected chi connectivity index (χ2v) is 18.1. The minimum Gasteiger partial charge on any atom is -0.309 e. The second kappa shape index (κ2) is 15.4. The molecule has 3 aromatic heterocycles. The highest BCUT2D eigenvalue weighted by Gasteiger charge is 2.30. The molecule has 1 atom stereocenters. The smallest absolute Gasteiger partial charge is 0.164 e. The Morgan fingerprint density at radius 3 is 1.77 bits per heavy atom. The van der Waals surface area contributed by atoms with Crippen LogP contribution in [0.1, 0.15) is 29.0 Å². The number of hydrogen-bond acceptors (Lipinski definition) is 4. The minimum atomic E-state index is 0.310. The van der Waals surface area contributed by atoms with E-state index in [1.165, 1.54) is 80.9 Å². The summed E-state index contributed by atoms with van der Waals surface area (Å²) < 4.78 is 5.05. The van der Waals surface area contributed by atoms with Crippen molar-refractivity contribution in [3.63, 3.8) is 0 Å². The fraction of sp³-hybridized carbons (Fsp3) is 0.0500. The van der Waals surface area contributed by atoms with Crippen molar-refractivity contribution in [3.05, 3.63) is 229 Å². The summed E-state index contributed by atoms with van der Waals surface area (Å²) in [7, 11) is 0. The first-order valence-electron chi connectivity index (χ1n) is 22.4. The van der Waals surface area contributed by atoms with Gasteiger partial charge in [-0.05, 0) is 88.2 Å². The maximum absolute atomic E-state index is 5.11. The van der Waals surface area contributed by atoms with Crippen LogP contribution in [0.5, 0.6) is 0 Å². The van der Waals surface area contributed by atoms with Gasteiger partial charge in [-0.15, -0.1) is 11.3 Å². The van der Waals surface area contributed by atoms with Gasteiger partial charge in [-0.2, -0.15) is 0 Å². The molecule has 4 nitrogen and oxygen atoms in total. The average molecular weight is 849 g/mol. The topological polar surface area (TPSA) is 43.6 Å². The molecule has 9 aromatic carbocycles. The van der Waals surface area contributed by atoms with Crippen molar-refractivity contribution in [1.29, 1.82) is 0 Å². The van der Waals surface area contributed by atoms with Gasteiger partial charge in [-0.25, -0.2) is 15.0 Å². The third kappa shape index (κ3) is 6.38. The third-order valence-corrected chi connectivity index (χ3v) is 14.4. The first-order valence-corrected chi connectivity index (χ1v) is 23.2. The van der Waals surface area contributed by atoms with E-state index in [0.717, 1.165) is 35.2 Å². The van der Waals surface area contributed by atoms with Gasteiger partial charge >= 0.3 is 0 Å². The minimum absolute atomic E-state index is 0.310. The highest BCUT2D eigenvalue weighted by atomic mass is 32.1. The summed E-state index contributed by atoms with van der Waals surface area (Å²) in [5.74, 6) is 2.25. The Bertz CT molecular complexity index is 3720. The molecule has 306 valence electrons. The quantitative estimate of drug-likeness (QED) is 0.153. The summed E-state index contributed by atoms with van der Waals surface area (Å²) in [5, 5.41) is 5.10. The van der Waals surface area contributed by atoms with Crippen LogP contribution in [0.2, 0.25) is 0 Å². The van der Waals surface area contributed by atoms with Crippen molar-refractivity contribution in [3.8, 4) is 62.1 Å². The summed E-state index contributed by atoms with van der Waals surface area (Å²) in [5.41, 5.74) is 15.8. The first kappa shape index (κ1) is 37.6. The van der Waals surface area contributed by atoms with E-state index in [0.29, 0.717) is 23.4 Å². The van der Waals surface area contributed by atoms with Gasteiger partial charge in [-0.3, -0.25) is 0 Å². The summed E-state index contributed by atoms with van der Waals surface area (Å²) in [4.78, 5) is 15.2. The summed E-state index contributed by atoms with van der Waals surface area (Å²) in [6, 6.07) is 76.6. The van der Waals surface area contributed by atoms with Crippen LogP contribution in [0, 0.1) is 0 Å². The molecular formula is C60H40N4S. The predicted octanol–water partition coefficient (Wildman–Crippen LogP) is 15.7. The molecule has 0 unspecified atom stereocenters. The number of rotatable bonds is 8. The predicted molar refractivity (Wildman–Crippen MR) is 271 cm³/mol. The Hall–Kier alpha value is -7.99. The number of benzene rings is 9. The Morgan fingerprint density at radius 2 is 1.00 bits per heavy atom. The lowest BCUT2D eigenvalue weighted by molar-refractivity contribution is 0.730. The fourth-order valence-electron chi connectivity index (χ4n) is 10.3. The van der Waals surface area contributed by atoms with Crippen molar-refractivity contribution in [2.75, 3.05) is 0 Å². The molecule has 0 radical (unpaired) electrons. The molecule has 1 aliphatic carbocycles. The Balaban J connectivity index is 0.951. The fourth-order valence-corrected chi connectivity index (χ4v) is 11.4. The molecule has 0 saturated heterocycles. The molecule has 65 heavy (non-hydrogen) atoms. The van der Waals surface area contributed by atoms with Crippen molar-refractivity contribution in [2.45, 2.75) is 18.8 Å². The molecule has 0 amide bonds. The van der Waals surface area contributed by atoms with Crippen LogP contribution in [-0.2, 0) is 6.42 Å². The highest BCUT2D eigenvalue weighted by Crippen LogP contribution is 2.51. The standard InChI is InChI=1S/C60H40N4S/c1-4-16-39(17-5-1)44-27-15-28-50-46(45-24-10-11-26-49(45)57(44)50)32-30-38-31-33-47-51-36-52-48-25-12-13-29-55(48)65-56(52)37-54(51)64(53(47)34-38)43-23-14-22-42(35-43)60-62-58(40-18-6-2-7-19-40)61-59(63-60)41-20-8-3-9-21-41/h1-29,31,33-37,46H,30,32H2/t46-/m0/s1. The second-order valence-electron chi connectivity index (χ2n) is 17.1. The molecule has 0 N–H and O–H groups in total. The molecule has 0 saturated carbocycles.